The molecule has 1 heteroatoms. The molecule has 0 unspecified atom stereocenters. The van der Waals surface area contributed by atoms with Crippen LogP contribution in [0.25, 0.3) is 0 Å². The van der Waals surface area contributed by atoms with Crippen LogP contribution >= 0.6 is 0 Å². The molecule has 0 saturated heterocycles. The van der Waals surface area contributed by atoms with E-state index in [9.17, 15) is 0 Å². The Morgan fingerprint density at radius 2 is 1.44 bits per heavy atom. The van der Waals surface area contributed by atoms with Gasteiger partial charge in [-0.1, -0.05) is 58.9 Å². The molecule has 1 N–H and O–H groups in total. The summed E-state index contributed by atoms with van der Waals surface area (Å²) in [5, 5.41) is 3.64. The molecule has 18 heavy (non-hydrogen) atoms. The molecule has 0 heterocycles. The fourth-order valence-corrected chi connectivity index (χ4v) is 2.21. The van der Waals surface area contributed by atoms with Crippen molar-refractivity contribution in [2.75, 3.05) is 6.54 Å². The van der Waals surface area contributed by atoms with Crippen molar-refractivity contribution in [3.63, 3.8) is 0 Å². The van der Waals surface area contributed by atoms with Gasteiger partial charge in [-0.15, -0.1) is 0 Å². The molecule has 0 aliphatic heterocycles. The fourth-order valence-electron chi connectivity index (χ4n) is 2.21. The van der Waals surface area contributed by atoms with Crippen LogP contribution < -0.4 is 5.32 Å². The van der Waals surface area contributed by atoms with Gasteiger partial charge in [-0.05, 0) is 29.4 Å². The van der Waals surface area contributed by atoms with Crippen LogP contribution in [0.4, 0.5) is 0 Å². The summed E-state index contributed by atoms with van der Waals surface area (Å²) >= 11 is 0. The summed E-state index contributed by atoms with van der Waals surface area (Å²) in [5.41, 5.74) is 3.31. The summed E-state index contributed by atoms with van der Waals surface area (Å²) in [6.45, 7) is 12.5. The molecule has 1 nitrogen and oxygen atoms in total. The van der Waals surface area contributed by atoms with Crippen molar-refractivity contribution in [1.82, 2.24) is 5.32 Å². The largest absolute Gasteiger partial charge is 0.313 e. The highest BCUT2D eigenvalue weighted by Crippen LogP contribution is 2.28. The van der Waals surface area contributed by atoms with Crippen molar-refractivity contribution < 1.29 is 0 Å². The number of benzene rings is 1. The van der Waals surface area contributed by atoms with Crippen molar-refractivity contribution in [3.05, 3.63) is 35.4 Å². The monoisotopic (exact) mass is 245 g/mol. The second-order valence-corrected chi connectivity index (χ2v) is 7.37. The standard InChI is InChI=1S/C17H27N/c1-16(2,3)13-6-8-14(9-7-13)17(4,5)12-18-15-10-11-15/h6-9,15,18H,10-12H2,1-5H3. The van der Waals surface area contributed by atoms with E-state index in [1.54, 1.807) is 0 Å². The lowest BCUT2D eigenvalue weighted by atomic mass is 9.81. The second kappa shape index (κ2) is 4.70. The van der Waals surface area contributed by atoms with Gasteiger partial charge < -0.3 is 5.32 Å². The van der Waals surface area contributed by atoms with E-state index in [1.165, 1.54) is 24.0 Å². The molecule has 1 saturated carbocycles. The van der Waals surface area contributed by atoms with E-state index < -0.39 is 0 Å². The Labute approximate surface area is 112 Å². The zero-order valence-electron chi connectivity index (χ0n) is 12.5. The van der Waals surface area contributed by atoms with E-state index in [4.69, 9.17) is 0 Å². The van der Waals surface area contributed by atoms with Crippen LogP contribution in [-0.2, 0) is 10.8 Å². The minimum Gasteiger partial charge on any atom is -0.313 e. The number of nitrogens with one attached hydrogen (secondary N) is 1. The Hall–Kier alpha value is -0.820. The molecule has 0 spiro atoms. The van der Waals surface area contributed by atoms with E-state index >= 15 is 0 Å². The zero-order valence-corrected chi connectivity index (χ0v) is 12.5. The average Bonchev–Trinajstić information content (AvgIpc) is 3.09. The first-order valence-corrected chi connectivity index (χ1v) is 7.13. The molecule has 1 aliphatic carbocycles. The molecule has 2 rings (SSSR count). The first-order chi connectivity index (χ1) is 8.29. The Morgan fingerprint density at radius 3 is 1.89 bits per heavy atom. The molecular formula is C17H27N. The number of rotatable bonds is 4. The Morgan fingerprint density at radius 1 is 0.944 bits per heavy atom. The first kappa shape index (κ1) is 13.6. The number of hydrogen-bond donors (Lipinski definition) is 1. The molecule has 0 atom stereocenters. The van der Waals surface area contributed by atoms with E-state index in [1.807, 2.05) is 0 Å². The molecule has 1 fully saturated rings. The normalized spacial score (nSPS) is 16.9. The summed E-state index contributed by atoms with van der Waals surface area (Å²) < 4.78 is 0. The van der Waals surface area contributed by atoms with Crippen LogP contribution in [0.15, 0.2) is 24.3 Å². The van der Waals surface area contributed by atoms with Gasteiger partial charge in [-0.3, -0.25) is 0 Å². The Kier molecular flexibility index (Phi) is 3.55. The van der Waals surface area contributed by atoms with Crippen LogP contribution in [0, 0.1) is 0 Å². The van der Waals surface area contributed by atoms with Crippen molar-refractivity contribution in [3.8, 4) is 0 Å². The van der Waals surface area contributed by atoms with Gasteiger partial charge in [0.1, 0.15) is 0 Å². The Balaban J connectivity index is 2.07. The summed E-state index contributed by atoms with van der Waals surface area (Å²) in [6.07, 6.45) is 2.72. The molecule has 0 radical (unpaired) electrons. The van der Waals surface area contributed by atoms with Gasteiger partial charge in [0, 0.05) is 18.0 Å². The lowest BCUT2D eigenvalue weighted by Gasteiger charge is -2.27. The zero-order chi connectivity index (χ0) is 13.4. The van der Waals surface area contributed by atoms with Crippen molar-refractivity contribution in [2.45, 2.75) is 64.3 Å². The van der Waals surface area contributed by atoms with Crippen molar-refractivity contribution >= 4 is 0 Å². The highest BCUT2D eigenvalue weighted by atomic mass is 15.0. The topological polar surface area (TPSA) is 12.0 Å². The van der Waals surface area contributed by atoms with E-state index in [2.05, 4.69) is 64.2 Å². The molecular weight excluding hydrogens is 218 g/mol. The summed E-state index contributed by atoms with van der Waals surface area (Å²) in [7, 11) is 0. The third-order valence-corrected chi connectivity index (χ3v) is 3.94. The van der Waals surface area contributed by atoms with E-state index in [-0.39, 0.29) is 10.8 Å². The minimum atomic E-state index is 0.221. The second-order valence-electron chi connectivity index (χ2n) is 7.37. The van der Waals surface area contributed by atoms with Crippen molar-refractivity contribution in [2.24, 2.45) is 0 Å². The van der Waals surface area contributed by atoms with E-state index in [0.29, 0.717) is 0 Å². The third kappa shape index (κ3) is 3.35. The van der Waals surface area contributed by atoms with Gasteiger partial charge in [-0.25, -0.2) is 0 Å². The summed E-state index contributed by atoms with van der Waals surface area (Å²) in [5.74, 6) is 0. The number of hydrogen-bond acceptors (Lipinski definition) is 1. The van der Waals surface area contributed by atoms with Crippen LogP contribution in [0.3, 0.4) is 0 Å². The lowest BCUT2D eigenvalue weighted by Crippen LogP contribution is -2.34. The highest BCUT2D eigenvalue weighted by molar-refractivity contribution is 5.31. The van der Waals surface area contributed by atoms with Crippen LogP contribution in [0.1, 0.15) is 58.6 Å². The predicted molar refractivity (Wildman–Crippen MR) is 79.2 cm³/mol. The fraction of sp³-hybridized carbons (Fsp3) is 0.647. The van der Waals surface area contributed by atoms with Crippen LogP contribution in [-0.4, -0.2) is 12.6 Å². The van der Waals surface area contributed by atoms with Crippen LogP contribution in [0.2, 0.25) is 0 Å². The molecule has 0 amide bonds. The maximum absolute atomic E-state index is 3.64. The SMILES string of the molecule is CC(C)(C)c1ccc(C(C)(C)CNC2CC2)cc1. The molecule has 1 aromatic carbocycles. The van der Waals surface area contributed by atoms with Gasteiger partial charge >= 0.3 is 0 Å². The predicted octanol–water partition coefficient (Wildman–Crippen LogP) is 4.01. The minimum absolute atomic E-state index is 0.221. The molecule has 0 bridgehead atoms. The van der Waals surface area contributed by atoms with Crippen molar-refractivity contribution in [1.29, 1.82) is 0 Å². The van der Waals surface area contributed by atoms with Gasteiger partial charge in [0.2, 0.25) is 0 Å². The highest BCUT2D eigenvalue weighted by Gasteiger charge is 2.26. The molecule has 1 aliphatic rings. The summed E-state index contributed by atoms with van der Waals surface area (Å²) in [4.78, 5) is 0. The Bertz CT molecular complexity index is 391. The first-order valence-electron chi connectivity index (χ1n) is 7.13. The molecule has 1 aromatic rings. The third-order valence-electron chi connectivity index (χ3n) is 3.94. The summed E-state index contributed by atoms with van der Waals surface area (Å²) in [6, 6.07) is 9.96. The maximum atomic E-state index is 3.64. The molecule has 100 valence electrons. The van der Waals surface area contributed by atoms with E-state index in [0.717, 1.165) is 12.6 Å². The maximum Gasteiger partial charge on any atom is 0.00685 e. The van der Waals surface area contributed by atoms with Gasteiger partial charge in [0.15, 0.2) is 0 Å². The smallest absolute Gasteiger partial charge is 0.00685 e. The van der Waals surface area contributed by atoms with Gasteiger partial charge in [0.25, 0.3) is 0 Å². The lowest BCUT2D eigenvalue weighted by molar-refractivity contribution is 0.467. The van der Waals surface area contributed by atoms with Gasteiger partial charge in [-0.2, -0.15) is 0 Å². The average molecular weight is 245 g/mol. The molecule has 0 aromatic heterocycles. The quantitative estimate of drug-likeness (QED) is 0.845. The van der Waals surface area contributed by atoms with Gasteiger partial charge in [0.05, 0.1) is 0 Å². The van der Waals surface area contributed by atoms with Crippen LogP contribution in [0.5, 0.6) is 0 Å².